The van der Waals surface area contributed by atoms with Crippen molar-refractivity contribution in [2.75, 3.05) is 6.54 Å². The van der Waals surface area contributed by atoms with Gasteiger partial charge in [-0.25, -0.2) is 5.01 Å². The molecule has 2 aromatic rings. The van der Waals surface area contributed by atoms with E-state index in [-0.39, 0.29) is 40.8 Å². The number of hydrogen-bond acceptors (Lipinski definition) is 7. The third-order valence-corrected chi connectivity index (χ3v) is 5.00. The average molecular weight is 370 g/mol. The van der Waals surface area contributed by atoms with E-state index < -0.39 is 10.0 Å². The van der Waals surface area contributed by atoms with E-state index in [1.54, 1.807) is 18.2 Å². The highest BCUT2D eigenvalue weighted by atomic mass is 32.2. The maximum Gasteiger partial charge on any atom is 0.285 e. The molecule has 0 saturated carbocycles. The van der Waals surface area contributed by atoms with Gasteiger partial charge in [-0.15, -0.1) is 4.40 Å². The molecule has 8 nitrogen and oxygen atoms in total. The molecule has 132 valence electrons. The molecular formula is C17H14N4O4S. The van der Waals surface area contributed by atoms with Gasteiger partial charge in [0.2, 0.25) is 0 Å². The molecule has 1 heterocycles. The number of phenols is 2. The lowest BCUT2D eigenvalue weighted by atomic mass is 10.2. The summed E-state index contributed by atoms with van der Waals surface area (Å²) >= 11 is 0. The number of amidine groups is 1. The van der Waals surface area contributed by atoms with Crippen molar-refractivity contribution in [3.05, 3.63) is 53.6 Å². The molecule has 0 saturated heterocycles. The number of sulfonamides is 1. The van der Waals surface area contributed by atoms with Crippen molar-refractivity contribution in [1.82, 2.24) is 5.01 Å². The van der Waals surface area contributed by atoms with Gasteiger partial charge >= 0.3 is 0 Å². The Labute approximate surface area is 150 Å². The molecule has 2 aromatic carbocycles. The fraction of sp³-hybridized carbons (Fsp3) is 0.118. The lowest BCUT2D eigenvalue weighted by Crippen LogP contribution is -2.27. The molecule has 0 fully saturated rings. The number of phenolic OH excluding ortho intramolecular Hbond substituents is 2. The summed E-state index contributed by atoms with van der Waals surface area (Å²) in [7, 11) is -3.82. The largest absolute Gasteiger partial charge is 0.504 e. The van der Waals surface area contributed by atoms with E-state index in [0.29, 0.717) is 5.56 Å². The van der Waals surface area contributed by atoms with Crippen molar-refractivity contribution in [2.24, 2.45) is 9.50 Å². The molecule has 0 aliphatic carbocycles. The van der Waals surface area contributed by atoms with Gasteiger partial charge in [-0.05, 0) is 24.3 Å². The number of para-hydroxylation sites is 1. The molecular weight excluding hydrogens is 356 g/mol. The van der Waals surface area contributed by atoms with Gasteiger partial charge in [-0.2, -0.15) is 18.8 Å². The van der Waals surface area contributed by atoms with Crippen LogP contribution in [0.1, 0.15) is 17.5 Å². The van der Waals surface area contributed by atoms with Crippen LogP contribution in [0.4, 0.5) is 0 Å². The normalized spacial score (nSPS) is 14.7. The number of aromatic hydroxyl groups is 2. The van der Waals surface area contributed by atoms with Crippen LogP contribution in [0.15, 0.2) is 56.9 Å². The van der Waals surface area contributed by atoms with E-state index in [1.807, 2.05) is 6.07 Å². The summed E-state index contributed by atoms with van der Waals surface area (Å²) in [6.45, 7) is 0.106. The molecule has 1 aliphatic heterocycles. The standard InChI is InChI=1S/C17H14N4O4S/c18-9-4-10-21(19-11-12-5-3-7-14(22)16(12)23)17-13-6-1-2-8-15(13)26(24,25)20-17/h1-3,5-8,11,22-23H,4,10H2/b19-11+. The topological polar surface area (TPSA) is 126 Å². The smallest absolute Gasteiger partial charge is 0.285 e. The number of hydrazone groups is 1. The minimum atomic E-state index is -3.82. The highest BCUT2D eigenvalue weighted by Gasteiger charge is 2.31. The van der Waals surface area contributed by atoms with Gasteiger partial charge in [0.25, 0.3) is 10.0 Å². The van der Waals surface area contributed by atoms with Crippen LogP contribution < -0.4 is 0 Å². The summed E-state index contributed by atoms with van der Waals surface area (Å²) in [5.74, 6) is -0.548. The first kappa shape index (κ1) is 17.4. The van der Waals surface area contributed by atoms with E-state index in [4.69, 9.17) is 5.26 Å². The zero-order valence-electron chi connectivity index (χ0n) is 13.4. The Morgan fingerprint density at radius 1 is 1.19 bits per heavy atom. The summed E-state index contributed by atoms with van der Waals surface area (Å²) in [6.07, 6.45) is 1.35. The van der Waals surface area contributed by atoms with Crippen molar-refractivity contribution in [3.8, 4) is 17.6 Å². The Morgan fingerprint density at radius 3 is 2.73 bits per heavy atom. The molecule has 1 aliphatic rings. The van der Waals surface area contributed by atoms with Crippen LogP contribution in [0.3, 0.4) is 0 Å². The summed E-state index contributed by atoms with van der Waals surface area (Å²) in [4.78, 5) is 0.0763. The molecule has 0 atom stereocenters. The summed E-state index contributed by atoms with van der Waals surface area (Å²) in [6, 6.07) is 12.7. The predicted octanol–water partition coefficient (Wildman–Crippen LogP) is 1.80. The second-order valence-electron chi connectivity index (χ2n) is 5.38. The number of benzene rings is 2. The second-order valence-corrected chi connectivity index (χ2v) is 6.95. The second kappa shape index (κ2) is 6.85. The molecule has 9 heteroatoms. The Morgan fingerprint density at radius 2 is 1.96 bits per heavy atom. The number of fused-ring (bicyclic) bond motifs is 1. The molecule has 3 rings (SSSR count). The Balaban J connectivity index is 2.01. The van der Waals surface area contributed by atoms with Crippen molar-refractivity contribution < 1.29 is 18.6 Å². The van der Waals surface area contributed by atoms with Gasteiger partial charge in [-0.3, -0.25) is 0 Å². The first-order valence-electron chi connectivity index (χ1n) is 7.58. The first-order chi connectivity index (χ1) is 12.4. The van der Waals surface area contributed by atoms with Crippen LogP contribution in [-0.2, 0) is 10.0 Å². The van der Waals surface area contributed by atoms with Gasteiger partial charge in [0.15, 0.2) is 17.3 Å². The van der Waals surface area contributed by atoms with Crippen molar-refractivity contribution in [2.45, 2.75) is 11.3 Å². The lowest BCUT2D eigenvalue weighted by Gasteiger charge is -2.17. The molecule has 0 spiro atoms. The molecule has 0 aromatic heterocycles. The zero-order valence-corrected chi connectivity index (χ0v) is 14.3. The number of nitriles is 1. The number of rotatable bonds is 4. The molecule has 0 unspecified atom stereocenters. The SMILES string of the molecule is N#CCCN(/N=C/c1cccc(O)c1O)C1=NS(=O)(=O)c2ccccc21. The highest BCUT2D eigenvalue weighted by molar-refractivity contribution is 7.90. The molecule has 0 amide bonds. The first-order valence-corrected chi connectivity index (χ1v) is 9.02. The maximum absolute atomic E-state index is 12.2. The fourth-order valence-electron chi connectivity index (χ4n) is 2.43. The molecule has 2 N–H and O–H groups in total. The van der Waals surface area contributed by atoms with Gasteiger partial charge in [0.05, 0.1) is 25.2 Å². The van der Waals surface area contributed by atoms with Gasteiger partial charge in [0, 0.05) is 11.1 Å². The zero-order chi connectivity index (χ0) is 18.7. The number of nitrogens with zero attached hydrogens (tertiary/aromatic N) is 4. The summed E-state index contributed by atoms with van der Waals surface area (Å²) in [5, 5.41) is 33.7. The van der Waals surface area contributed by atoms with Crippen LogP contribution in [0, 0.1) is 11.3 Å². The molecule has 26 heavy (non-hydrogen) atoms. The van der Waals surface area contributed by atoms with Crippen molar-refractivity contribution >= 4 is 22.1 Å². The van der Waals surface area contributed by atoms with E-state index in [2.05, 4.69) is 9.50 Å². The summed E-state index contributed by atoms with van der Waals surface area (Å²) in [5.41, 5.74) is 0.629. The van der Waals surface area contributed by atoms with Crippen molar-refractivity contribution in [1.29, 1.82) is 5.26 Å². The molecule has 0 bridgehead atoms. The van der Waals surface area contributed by atoms with Crippen molar-refractivity contribution in [3.63, 3.8) is 0 Å². The van der Waals surface area contributed by atoms with Gasteiger partial charge in [0.1, 0.15) is 4.90 Å². The third kappa shape index (κ3) is 3.22. The van der Waals surface area contributed by atoms with E-state index in [9.17, 15) is 18.6 Å². The summed E-state index contributed by atoms with van der Waals surface area (Å²) < 4.78 is 28.2. The third-order valence-electron chi connectivity index (χ3n) is 3.67. The minimum absolute atomic E-state index is 0.0763. The van der Waals surface area contributed by atoms with Crippen LogP contribution in [0.2, 0.25) is 0 Å². The lowest BCUT2D eigenvalue weighted by molar-refractivity contribution is 0.403. The van der Waals surface area contributed by atoms with Crippen LogP contribution in [0.5, 0.6) is 11.5 Å². The van der Waals surface area contributed by atoms with Gasteiger partial charge < -0.3 is 10.2 Å². The van der Waals surface area contributed by atoms with E-state index in [0.717, 1.165) is 0 Å². The maximum atomic E-state index is 12.2. The number of hydrogen-bond donors (Lipinski definition) is 2. The van der Waals surface area contributed by atoms with Crippen LogP contribution in [-0.4, -0.2) is 42.2 Å². The Kier molecular flexibility index (Phi) is 4.60. The van der Waals surface area contributed by atoms with E-state index in [1.165, 1.54) is 35.5 Å². The Bertz CT molecular complexity index is 1050. The monoisotopic (exact) mass is 370 g/mol. The quantitative estimate of drug-likeness (QED) is 0.480. The Hall–Kier alpha value is -3.38. The van der Waals surface area contributed by atoms with Crippen LogP contribution >= 0.6 is 0 Å². The minimum Gasteiger partial charge on any atom is -0.504 e. The fourth-order valence-corrected chi connectivity index (χ4v) is 3.64. The highest BCUT2D eigenvalue weighted by Crippen LogP contribution is 2.29. The predicted molar refractivity (Wildman–Crippen MR) is 94.5 cm³/mol. The molecule has 0 radical (unpaired) electrons. The van der Waals surface area contributed by atoms with Gasteiger partial charge in [-0.1, -0.05) is 18.2 Å². The average Bonchev–Trinajstić information content (AvgIpc) is 2.90. The van der Waals surface area contributed by atoms with E-state index >= 15 is 0 Å². The van der Waals surface area contributed by atoms with Crippen LogP contribution in [0.25, 0.3) is 0 Å².